The first-order chi connectivity index (χ1) is 11.5. The molecule has 0 spiro atoms. The van der Waals surface area contributed by atoms with Gasteiger partial charge in [-0.25, -0.2) is 0 Å². The number of aromatic nitrogens is 4. The summed E-state index contributed by atoms with van der Waals surface area (Å²) in [6.07, 6.45) is 0.852. The molecule has 0 fully saturated rings. The lowest BCUT2D eigenvalue weighted by Crippen LogP contribution is -2.40. The molecule has 8 nitrogen and oxygen atoms in total. The Labute approximate surface area is 148 Å². The molecule has 2 aromatic rings. The first-order valence-corrected chi connectivity index (χ1v) is 8.33. The lowest BCUT2D eigenvalue weighted by molar-refractivity contribution is -0.135. The normalized spacial score (nSPS) is 10.5. The number of tetrazole rings is 1. The van der Waals surface area contributed by atoms with Crippen molar-refractivity contribution in [2.45, 2.75) is 19.9 Å². The number of likely N-dealkylation sites (N-methyl/N-ethyl adjacent to an activating group) is 1. The number of amides is 2. The van der Waals surface area contributed by atoms with Gasteiger partial charge in [-0.05, 0) is 35.9 Å². The molecule has 0 aliphatic rings. The fourth-order valence-corrected chi connectivity index (χ4v) is 2.15. The van der Waals surface area contributed by atoms with Crippen molar-refractivity contribution in [3.05, 3.63) is 28.7 Å². The van der Waals surface area contributed by atoms with Crippen molar-refractivity contribution in [1.29, 1.82) is 0 Å². The quantitative estimate of drug-likeness (QED) is 0.758. The van der Waals surface area contributed by atoms with E-state index >= 15 is 0 Å². The van der Waals surface area contributed by atoms with Crippen LogP contribution in [-0.2, 0) is 16.1 Å². The summed E-state index contributed by atoms with van der Waals surface area (Å²) >= 11 is 3.36. The smallest absolute Gasteiger partial charge is 0.246 e. The van der Waals surface area contributed by atoms with Gasteiger partial charge in [0.15, 0.2) is 0 Å². The molecule has 1 N–H and O–H groups in total. The maximum Gasteiger partial charge on any atom is 0.246 e. The second-order valence-electron chi connectivity index (χ2n) is 5.25. The van der Waals surface area contributed by atoms with Crippen LogP contribution in [0.25, 0.3) is 11.4 Å². The van der Waals surface area contributed by atoms with Gasteiger partial charge in [0.2, 0.25) is 17.6 Å². The van der Waals surface area contributed by atoms with Gasteiger partial charge in [0.25, 0.3) is 0 Å². The minimum Gasteiger partial charge on any atom is -0.355 e. The van der Waals surface area contributed by atoms with E-state index in [-0.39, 0.29) is 24.9 Å². The lowest BCUT2D eigenvalue weighted by atomic mass is 10.2. The predicted octanol–water partition coefficient (Wildman–Crippen LogP) is 1.09. The number of nitrogens with zero attached hydrogens (tertiary/aromatic N) is 5. The monoisotopic (exact) mass is 394 g/mol. The number of carbonyl (C=O) groups is 2. The molecule has 2 amide bonds. The number of benzene rings is 1. The van der Waals surface area contributed by atoms with Crippen LogP contribution in [0.3, 0.4) is 0 Å². The number of hydrogen-bond acceptors (Lipinski definition) is 5. The van der Waals surface area contributed by atoms with E-state index in [1.807, 2.05) is 31.2 Å². The number of carbonyl (C=O) groups excluding carboxylic acids is 2. The highest BCUT2D eigenvalue weighted by Gasteiger charge is 2.15. The molecule has 1 heterocycles. The van der Waals surface area contributed by atoms with Crippen molar-refractivity contribution < 1.29 is 9.59 Å². The zero-order valence-corrected chi connectivity index (χ0v) is 15.2. The fourth-order valence-electron chi connectivity index (χ4n) is 1.89. The standard InChI is InChI=1S/C15H19BrN6O2/c1-3-8-17-13(23)9-21(2)14(24)10-22-19-15(18-20-22)11-4-6-12(16)7-5-11/h4-7H,3,8-10H2,1-2H3,(H,17,23). The Morgan fingerprint density at radius 1 is 1.29 bits per heavy atom. The first-order valence-electron chi connectivity index (χ1n) is 7.54. The van der Waals surface area contributed by atoms with E-state index in [4.69, 9.17) is 0 Å². The second kappa shape index (κ2) is 8.53. The highest BCUT2D eigenvalue weighted by atomic mass is 79.9. The van der Waals surface area contributed by atoms with Crippen LogP contribution < -0.4 is 5.32 Å². The fraction of sp³-hybridized carbons (Fsp3) is 0.400. The van der Waals surface area contributed by atoms with E-state index in [9.17, 15) is 9.59 Å². The van der Waals surface area contributed by atoms with Crippen LogP contribution in [0.5, 0.6) is 0 Å². The van der Waals surface area contributed by atoms with Gasteiger partial charge in [-0.2, -0.15) is 4.80 Å². The number of rotatable bonds is 7. The average Bonchev–Trinajstić information content (AvgIpc) is 3.02. The van der Waals surface area contributed by atoms with E-state index in [0.29, 0.717) is 12.4 Å². The van der Waals surface area contributed by atoms with Crippen molar-refractivity contribution in [2.75, 3.05) is 20.1 Å². The van der Waals surface area contributed by atoms with Gasteiger partial charge in [0.1, 0.15) is 6.54 Å². The zero-order chi connectivity index (χ0) is 17.5. The zero-order valence-electron chi connectivity index (χ0n) is 13.6. The van der Waals surface area contributed by atoms with Crippen LogP contribution in [-0.4, -0.2) is 57.1 Å². The molecule has 0 bridgehead atoms. The highest BCUT2D eigenvalue weighted by molar-refractivity contribution is 9.10. The Bertz CT molecular complexity index is 700. The minimum atomic E-state index is -0.263. The van der Waals surface area contributed by atoms with Crippen LogP contribution >= 0.6 is 15.9 Å². The maximum absolute atomic E-state index is 12.1. The topological polar surface area (TPSA) is 93.0 Å². The minimum absolute atomic E-state index is 0.00704. The van der Waals surface area contributed by atoms with Gasteiger partial charge in [0, 0.05) is 23.6 Å². The summed E-state index contributed by atoms with van der Waals surface area (Å²) in [6, 6.07) is 7.47. The van der Waals surface area contributed by atoms with E-state index in [1.54, 1.807) is 7.05 Å². The lowest BCUT2D eigenvalue weighted by Gasteiger charge is -2.16. The van der Waals surface area contributed by atoms with Gasteiger partial charge in [0.05, 0.1) is 6.54 Å². The summed E-state index contributed by atoms with van der Waals surface area (Å²) in [5.41, 5.74) is 0.809. The summed E-state index contributed by atoms with van der Waals surface area (Å²) in [5.74, 6) is -0.00477. The van der Waals surface area contributed by atoms with E-state index in [1.165, 1.54) is 9.70 Å². The van der Waals surface area contributed by atoms with Crippen molar-refractivity contribution in [3.63, 3.8) is 0 Å². The summed E-state index contributed by atoms with van der Waals surface area (Å²) in [7, 11) is 1.57. The number of halogens is 1. The van der Waals surface area contributed by atoms with Crippen molar-refractivity contribution in [1.82, 2.24) is 30.4 Å². The molecule has 0 atom stereocenters. The molecular weight excluding hydrogens is 376 g/mol. The maximum atomic E-state index is 12.1. The Morgan fingerprint density at radius 2 is 2.00 bits per heavy atom. The van der Waals surface area contributed by atoms with E-state index < -0.39 is 0 Å². The summed E-state index contributed by atoms with van der Waals surface area (Å²) < 4.78 is 0.955. The molecule has 0 unspecified atom stereocenters. The molecule has 2 rings (SSSR count). The molecule has 1 aromatic carbocycles. The molecule has 0 saturated carbocycles. The Hall–Kier alpha value is -2.29. The van der Waals surface area contributed by atoms with Gasteiger partial charge in [-0.15, -0.1) is 10.2 Å². The van der Waals surface area contributed by atoms with Crippen molar-refractivity contribution in [2.24, 2.45) is 0 Å². The third-order valence-electron chi connectivity index (χ3n) is 3.21. The second-order valence-corrected chi connectivity index (χ2v) is 6.17. The average molecular weight is 395 g/mol. The van der Waals surface area contributed by atoms with Crippen molar-refractivity contribution >= 4 is 27.7 Å². The Morgan fingerprint density at radius 3 is 2.67 bits per heavy atom. The van der Waals surface area contributed by atoms with Crippen LogP contribution in [0.2, 0.25) is 0 Å². The number of hydrogen-bond donors (Lipinski definition) is 1. The third kappa shape index (κ3) is 5.12. The predicted molar refractivity (Wildman–Crippen MR) is 91.9 cm³/mol. The van der Waals surface area contributed by atoms with E-state index in [0.717, 1.165) is 16.5 Å². The molecule has 9 heteroatoms. The van der Waals surface area contributed by atoms with Crippen LogP contribution in [0.4, 0.5) is 0 Å². The van der Waals surface area contributed by atoms with Crippen LogP contribution in [0.1, 0.15) is 13.3 Å². The molecule has 0 aliphatic heterocycles. The molecule has 128 valence electrons. The largest absolute Gasteiger partial charge is 0.355 e. The SMILES string of the molecule is CCCNC(=O)CN(C)C(=O)Cn1nnc(-c2ccc(Br)cc2)n1. The summed E-state index contributed by atoms with van der Waals surface area (Å²) in [5, 5.41) is 14.7. The van der Waals surface area contributed by atoms with Crippen LogP contribution in [0, 0.1) is 0 Å². The third-order valence-corrected chi connectivity index (χ3v) is 3.74. The van der Waals surface area contributed by atoms with Gasteiger partial charge >= 0.3 is 0 Å². The molecule has 24 heavy (non-hydrogen) atoms. The molecule has 0 aliphatic carbocycles. The Balaban J connectivity index is 1.92. The van der Waals surface area contributed by atoms with Gasteiger partial charge < -0.3 is 10.2 Å². The molecule has 1 aromatic heterocycles. The van der Waals surface area contributed by atoms with E-state index in [2.05, 4.69) is 36.7 Å². The summed E-state index contributed by atoms with van der Waals surface area (Å²) in [4.78, 5) is 26.3. The number of nitrogens with one attached hydrogen (secondary N) is 1. The molecular formula is C15H19BrN6O2. The first kappa shape index (κ1) is 18.1. The highest BCUT2D eigenvalue weighted by Crippen LogP contribution is 2.17. The van der Waals surface area contributed by atoms with Gasteiger partial charge in [-0.3, -0.25) is 9.59 Å². The Kier molecular flexibility index (Phi) is 6.42. The summed E-state index contributed by atoms with van der Waals surface area (Å²) in [6.45, 7) is 2.50. The molecule has 0 saturated heterocycles. The van der Waals surface area contributed by atoms with Crippen LogP contribution in [0.15, 0.2) is 28.7 Å². The van der Waals surface area contributed by atoms with Gasteiger partial charge in [-0.1, -0.05) is 22.9 Å². The molecule has 0 radical (unpaired) electrons. The van der Waals surface area contributed by atoms with Crippen molar-refractivity contribution in [3.8, 4) is 11.4 Å².